The van der Waals surface area contributed by atoms with E-state index in [1.165, 1.54) is 13.0 Å². The second kappa shape index (κ2) is 49.6. The van der Waals surface area contributed by atoms with Gasteiger partial charge in [-0.15, -0.1) is 0 Å². The molecule has 1 aromatic heterocycles. The zero-order chi connectivity index (χ0) is 90.4. The second-order valence-corrected chi connectivity index (χ2v) is 33.2. The number of pyridine rings is 1. The normalized spacial score (nSPS) is 11.8. The van der Waals surface area contributed by atoms with Gasteiger partial charge in [-0.2, -0.15) is 0 Å². The minimum Gasteiger partial charge on any atom is -0.507 e. The third kappa shape index (κ3) is 28.6. The molecule has 9 aromatic carbocycles. The molecule has 0 aliphatic heterocycles. The Bertz CT molecular complexity index is 5580. The number of hydrogen-bond donors (Lipinski definition) is 6. The van der Waals surface area contributed by atoms with Crippen molar-refractivity contribution in [2.75, 3.05) is 35.8 Å². The average Bonchev–Trinajstić information content (AvgIpc) is 0.727. The van der Waals surface area contributed by atoms with Crippen LogP contribution in [0.1, 0.15) is 216 Å². The number of rotatable bonds is 29. The number of ketones is 4. The third-order valence-electron chi connectivity index (χ3n) is 22.1. The quantitative estimate of drug-likeness (QED) is 0.00834. The largest absolute Gasteiger partial charge is 2.00 e. The van der Waals surface area contributed by atoms with Crippen LogP contribution in [0, 0.1) is 56.8 Å². The number of aliphatic hydroxyl groups is 1. The molecular formula is C104H123N4O18W2-. The molecule has 0 saturated heterocycles. The molecule has 2 unspecified atom stereocenters. The van der Waals surface area contributed by atoms with Gasteiger partial charge in [0.05, 0.1) is 73.1 Å². The molecule has 2 atom stereocenters. The number of anilines is 6. The van der Waals surface area contributed by atoms with Gasteiger partial charge in [-0.25, -0.2) is 4.79 Å². The van der Waals surface area contributed by atoms with Crippen molar-refractivity contribution in [3.63, 3.8) is 0 Å². The summed E-state index contributed by atoms with van der Waals surface area (Å²) in [4.78, 5) is 124. The number of carboxylic acid groups (broad SMARTS) is 1. The second-order valence-electron chi connectivity index (χ2n) is 33.2. The molecule has 0 bridgehead atoms. The molecule has 680 valence electrons. The van der Waals surface area contributed by atoms with Gasteiger partial charge in [0.1, 0.15) is 44.0 Å². The Morgan fingerprint density at radius 3 is 1.28 bits per heavy atom. The monoisotopic (exact) mass is 2080 g/mol. The summed E-state index contributed by atoms with van der Waals surface area (Å²) in [6.07, 6.45) is 2.75. The number of fused-ring (bicyclic) bond motifs is 4. The maximum atomic E-state index is 13.8. The van der Waals surface area contributed by atoms with Crippen molar-refractivity contribution in [2.24, 2.45) is 34.6 Å². The van der Waals surface area contributed by atoms with E-state index in [1.807, 2.05) is 184 Å². The summed E-state index contributed by atoms with van der Waals surface area (Å²) < 4.78 is 27.8. The first-order chi connectivity index (χ1) is 58.2. The Hall–Kier alpha value is -11.7. The molecule has 128 heavy (non-hydrogen) atoms. The minimum absolute atomic E-state index is 0. The smallest absolute Gasteiger partial charge is 0.507 e. The molecule has 10 aromatic rings. The van der Waals surface area contributed by atoms with E-state index in [4.69, 9.17) is 28.8 Å². The molecule has 0 amide bonds. The zero-order valence-corrected chi connectivity index (χ0v) is 83.1. The van der Waals surface area contributed by atoms with Crippen LogP contribution < -0.4 is 26.2 Å². The minimum atomic E-state index is -1.02. The van der Waals surface area contributed by atoms with Crippen LogP contribution in [0.15, 0.2) is 217 Å². The number of aliphatic hydroxyl groups excluding tert-OH is 1. The Balaban J connectivity index is 0.000000440. The molecule has 0 saturated carbocycles. The Labute approximate surface area is 782 Å². The molecule has 0 fully saturated rings. The topological polar surface area (TPSA) is 319 Å². The molecule has 0 spiro atoms. The number of aryl methyl sites for hydroxylation is 2. The van der Waals surface area contributed by atoms with Crippen LogP contribution in [0.25, 0.3) is 22.0 Å². The number of carbonyl (C=O) groups is 9. The van der Waals surface area contributed by atoms with Gasteiger partial charge in [-0.05, 0) is 196 Å². The van der Waals surface area contributed by atoms with Crippen LogP contribution in [-0.4, -0.2) is 98.8 Å². The molecule has 6 N–H and O–H groups in total. The molecule has 1 heterocycles. The number of ether oxygens (including phenoxy) is 5. The summed E-state index contributed by atoms with van der Waals surface area (Å²) in [6, 6.07) is 59.9. The first-order valence-corrected chi connectivity index (χ1v) is 41.2. The van der Waals surface area contributed by atoms with Crippen LogP contribution >= 0.6 is 0 Å². The first-order valence-electron chi connectivity index (χ1n) is 41.2. The maximum Gasteiger partial charge on any atom is 2.00 e. The predicted octanol–water partition coefficient (Wildman–Crippen LogP) is 22.1. The van der Waals surface area contributed by atoms with Gasteiger partial charge >= 0.3 is 50.9 Å². The fourth-order valence-corrected chi connectivity index (χ4v) is 11.9. The van der Waals surface area contributed by atoms with Crippen LogP contribution in [0.4, 0.5) is 34.1 Å². The van der Waals surface area contributed by atoms with E-state index < -0.39 is 39.7 Å². The molecular weight excluding hydrogens is 1960 g/mol. The van der Waals surface area contributed by atoms with E-state index in [9.17, 15) is 58.2 Å². The van der Waals surface area contributed by atoms with Gasteiger partial charge in [0.2, 0.25) is 0 Å². The summed E-state index contributed by atoms with van der Waals surface area (Å²) in [5.41, 5.74) is 10.7. The number of phenols is 1. The molecule has 0 radical (unpaired) electrons. The molecule has 22 nitrogen and oxygen atoms in total. The van der Waals surface area contributed by atoms with E-state index in [-0.39, 0.29) is 154 Å². The fourth-order valence-electron chi connectivity index (χ4n) is 11.9. The fraction of sp³-hybridized carbons (Fsp3) is 0.317. The number of aliphatic carboxylic acids is 1. The van der Waals surface area contributed by atoms with Gasteiger partial charge in [0.25, 0.3) is 5.56 Å². The van der Waals surface area contributed by atoms with Crippen molar-refractivity contribution in [2.45, 2.75) is 162 Å². The van der Waals surface area contributed by atoms with Crippen molar-refractivity contribution in [1.82, 2.24) is 4.57 Å². The van der Waals surface area contributed by atoms with Gasteiger partial charge in [-0.3, -0.25) is 43.2 Å². The van der Waals surface area contributed by atoms with E-state index in [2.05, 4.69) is 36.4 Å². The zero-order valence-electron chi connectivity index (χ0n) is 77.2. The summed E-state index contributed by atoms with van der Waals surface area (Å²) in [5, 5.41) is 38.8. The molecule has 2 aliphatic rings. The van der Waals surface area contributed by atoms with Crippen molar-refractivity contribution in [1.29, 1.82) is 0 Å². The van der Waals surface area contributed by atoms with Crippen LogP contribution in [0.5, 0.6) is 11.5 Å². The van der Waals surface area contributed by atoms with Gasteiger partial charge in [0.15, 0.2) is 23.1 Å². The summed E-state index contributed by atoms with van der Waals surface area (Å²) in [6.45, 7) is 33.9. The van der Waals surface area contributed by atoms with Crippen LogP contribution in [0.3, 0.4) is 0 Å². The van der Waals surface area contributed by atoms with E-state index in [0.29, 0.717) is 105 Å². The first kappa shape index (κ1) is 110. The Morgan fingerprint density at radius 2 is 0.867 bits per heavy atom. The van der Waals surface area contributed by atoms with E-state index >= 15 is 0 Å². The molecule has 24 heteroatoms. The van der Waals surface area contributed by atoms with Crippen molar-refractivity contribution < 1.29 is 124 Å². The van der Waals surface area contributed by atoms with Gasteiger partial charge < -0.3 is 81.8 Å². The number of aromatic hydroxyl groups is 1. The average molecular weight is 2080 g/mol. The number of phenolic OH excluding ortho intramolecular Hbond substituents is 1. The van der Waals surface area contributed by atoms with Crippen molar-refractivity contribution >= 4 is 98.0 Å². The third-order valence-corrected chi connectivity index (χ3v) is 22.1. The van der Waals surface area contributed by atoms with Crippen LogP contribution in [0.2, 0.25) is 0 Å². The predicted molar refractivity (Wildman–Crippen MR) is 500 cm³/mol. The van der Waals surface area contributed by atoms with Gasteiger partial charge in [0, 0.05) is 90.5 Å². The number of carboxylic acids is 1. The summed E-state index contributed by atoms with van der Waals surface area (Å²) in [5.74, 6) is -1.81. The van der Waals surface area contributed by atoms with Crippen molar-refractivity contribution in [3.05, 3.63) is 306 Å². The van der Waals surface area contributed by atoms with E-state index in [1.54, 1.807) is 112 Å². The molecule has 2 aliphatic carbocycles. The Kier molecular flexibility index (Phi) is 42.8. The standard InChI is InChI=1S/C34H32N2O4.C30H28N2O4.C18H20O3.C13H22O5.C6H12O2.3CH3.2W/c1-5-34(3,4)33(39)40-20-22-12-16-24(17-13-22)36-28-19-18-27(35-23-14-10-21(2)11-15-23)29-30(28)32(38)26-9-7-6-8-25(26)31(29)37;1-5-30(2,3)29(35)36-17-18-10-12-19(13-11-18)31-23-14-15-24-26-22(16-25(33)32(24)4)20-8-6-7-9-21(20)28(34)27(23)26;1-3-13(2)12-21-15-9-10-16(17(19)11-15)18(20)14-7-5-4-6-8-14;1-6-13(4,5)12(16)18-8-10(14)7-17-11(15)9(2)3;1-4-6(2,3)5(7)8;;;;;/h6-19,35-36H,5,20H2,1-4H3;6-16,31H,5,17H2,1-4H3;4-11,13,19H,3,12H2,1-2H3;10,14H,2,6-8H2,1,3-5H3;4H2,1-3H3,(H,7,8);3*1H3;;/q;;;;;3*-1;;+2. The number of aromatic nitrogens is 1. The van der Waals surface area contributed by atoms with Crippen molar-refractivity contribution in [3.8, 4) is 22.6 Å². The van der Waals surface area contributed by atoms with E-state index in [0.717, 1.165) is 56.7 Å². The Morgan fingerprint density at radius 1 is 0.477 bits per heavy atom. The summed E-state index contributed by atoms with van der Waals surface area (Å²) in [7, 11) is 1.72. The maximum absolute atomic E-state index is 13.8. The number of hydrogen-bond acceptors (Lipinski definition) is 20. The number of esters is 4. The molecule has 12 rings (SSSR count). The number of nitrogens with zero attached hydrogens (tertiary/aromatic N) is 1. The van der Waals surface area contributed by atoms with Gasteiger partial charge in [-0.1, -0.05) is 175 Å². The SMILES string of the molecule is C=C(C)C(=O)OCC(O)COC(=O)C(C)(C)CC.CCC(C)(C)C(=O)O.CCC(C)(C)C(=O)OCc1ccc(Nc2ccc(Nc3ccc(C)cc3)c3c2C(=O)c2ccccc2C3=O)cc1.CCC(C)(C)C(=O)OCc1ccc(Nc2ccc3c4c(cc(=O)n3C)-c3ccccc3C(=O)c24)cc1.CCC(C)COc1ccc(C(=O)c2ccccc2)c(O)c1.[CH3-].[CH3-].[CH3-].[W+2].[W]. The van der Waals surface area contributed by atoms with Crippen LogP contribution in [-0.2, 0) is 105 Å². The number of nitrogens with one attached hydrogen (secondary N) is 3. The number of benzene rings is 9. The number of carbonyl (C=O) groups excluding carboxylic acids is 8. The summed E-state index contributed by atoms with van der Waals surface area (Å²) >= 11 is 0.